The van der Waals surface area contributed by atoms with E-state index in [4.69, 9.17) is 10.2 Å². The Balaban J connectivity index is 0. The topological polar surface area (TPSA) is 40.5 Å². The molecule has 0 aliphatic carbocycles. The van der Waals surface area contributed by atoms with E-state index in [0.717, 1.165) is 0 Å². The molecule has 0 amide bonds. The summed E-state index contributed by atoms with van der Waals surface area (Å²) in [6, 6.07) is 0. The molecular formula is CH4O2V. The maximum absolute atomic E-state index is 7.12. The summed E-state index contributed by atoms with van der Waals surface area (Å²) in [5.74, 6) is 0. The van der Waals surface area contributed by atoms with E-state index in [-0.39, 0.29) is 18.6 Å². The van der Waals surface area contributed by atoms with E-state index in [1.807, 2.05) is 0 Å². The first-order valence-corrected chi connectivity index (χ1v) is 0.632. The molecule has 0 aromatic heterocycles. The van der Waals surface area contributed by atoms with Gasteiger partial charge in [-0.3, -0.25) is 0 Å². The van der Waals surface area contributed by atoms with Gasteiger partial charge in [-0.25, -0.2) is 0 Å². The number of aliphatic hydroxyl groups excluding tert-OH is 1. The van der Waals surface area contributed by atoms with E-state index in [9.17, 15) is 0 Å². The second-order valence-corrected chi connectivity index (χ2v) is 0.141. The van der Waals surface area contributed by atoms with E-state index in [1.54, 1.807) is 0 Å². The SMILES string of the molecule is OCO.[V]. The molecule has 2 N–H and O–H groups in total. The van der Waals surface area contributed by atoms with Crippen molar-refractivity contribution in [2.24, 2.45) is 0 Å². The maximum atomic E-state index is 7.12. The third kappa shape index (κ3) is 22.3. The van der Waals surface area contributed by atoms with Crippen LogP contribution in [0.4, 0.5) is 0 Å². The van der Waals surface area contributed by atoms with Crippen LogP contribution in [-0.2, 0) is 18.6 Å². The van der Waals surface area contributed by atoms with E-state index >= 15 is 0 Å². The van der Waals surface area contributed by atoms with Crippen LogP contribution < -0.4 is 0 Å². The zero-order valence-electron chi connectivity index (χ0n) is 2.05. The Kier molecular flexibility index (Phi) is 21.4. The fourth-order valence-corrected chi connectivity index (χ4v) is 0. The molecule has 0 aliphatic rings. The molecule has 0 spiro atoms. The van der Waals surface area contributed by atoms with Crippen molar-refractivity contribution in [3.63, 3.8) is 0 Å². The molecule has 0 atom stereocenters. The van der Waals surface area contributed by atoms with E-state index in [2.05, 4.69) is 0 Å². The van der Waals surface area contributed by atoms with Crippen LogP contribution in [0.1, 0.15) is 0 Å². The second kappa shape index (κ2) is 9.71. The van der Waals surface area contributed by atoms with Gasteiger partial charge in [-0.1, -0.05) is 0 Å². The predicted molar refractivity (Wildman–Crippen MR) is 9.30 cm³/mol. The van der Waals surface area contributed by atoms with Crippen molar-refractivity contribution in [2.75, 3.05) is 6.79 Å². The molecule has 0 aromatic rings. The van der Waals surface area contributed by atoms with Gasteiger partial charge >= 0.3 is 0 Å². The summed E-state index contributed by atoms with van der Waals surface area (Å²) in [6.07, 6.45) is 0. The first kappa shape index (κ1) is 8.82. The number of aliphatic hydroxyl groups is 2. The summed E-state index contributed by atoms with van der Waals surface area (Å²) >= 11 is 0. The van der Waals surface area contributed by atoms with Crippen molar-refractivity contribution in [3.8, 4) is 0 Å². The van der Waals surface area contributed by atoms with Gasteiger partial charge in [-0.05, 0) is 0 Å². The predicted octanol–water partition coefficient (Wildman–Crippen LogP) is -1.07. The van der Waals surface area contributed by atoms with Crippen molar-refractivity contribution in [1.29, 1.82) is 0 Å². The van der Waals surface area contributed by atoms with Gasteiger partial charge in [0.25, 0.3) is 0 Å². The summed E-state index contributed by atoms with van der Waals surface area (Å²) in [5.41, 5.74) is 0. The van der Waals surface area contributed by atoms with E-state index in [0.29, 0.717) is 0 Å². The summed E-state index contributed by atoms with van der Waals surface area (Å²) in [5, 5.41) is 14.2. The van der Waals surface area contributed by atoms with Crippen LogP contribution in [0.5, 0.6) is 0 Å². The van der Waals surface area contributed by atoms with Gasteiger partial charge in [-0.15, -0.1) is 0 Å². The average Bonchev–Trinajstić information content (AvgIpc) is 0.918. The third-order valence-corrected chi connectivity index (χ3v) is 0. The van der Waals surface area contributed by atoms with Crippen LogP contribution in [-0.4, -0.2) is 17.0 Å². The molecule has 0 saturated carbocycles. The minimum Gasteiger partial charge on any atom is -0.371 e. The molecule has 0 aliphatic heterocycles. The minimum atomic E-state index is -0.750. The first-order valence-electron chi connectivity index (χ1n) is 0.632. The fourth-order valence-electron chi connectivity index (χ4n) is 0. The Morgan fingerprint density at radius 2 is 1.25 bits per heavy atom. The largest absolute Gasteiger partial charge is 0.371 e. The number of rotatable bonds is 0. The molecule has 0 fully saturated rings. The molecule has 25 valence electrons. The van der Waals surface area contributed by atoms with Gasteiger partial charge in [0.2, 0.25) is 0 Å². The smallest absolute Gasteiger partial charge is 0.140 e. The summed E-state index contributed by atoms with van der Waals surface area (Å²) < 4.78 is 0. The van der Waals surface area contributed by atoms with Crippen molar-refractivity contribution in [2.45, 2.75) is 0 Å². The molecule has 0 bridgehead atoms. The van der Waals surface area contributed by atoms with Gasteiger partial charge in [0.15, 0.2) is 0 Å². The van der Waals surface area contributed by atoms with Crippen LogP contribution >= 0.6 is 0 Å². The molecule has 3 heteroatoms. The second-order valence-electron chi connectivity index (χ2n) is 0.141. The molecule has 4 heavy (non-hydrogen) atoms. The standard InChI is InChI=1S/CH4O2.V/c2-1-3;/h2-3H,1H2;. The van der Waals surface area contributed by atoms with Crippen LogP contribution in [0.3, 0.4) is 0 Å². The number of hydrogen-bond acceptors (Lipinski definition) is 2. The van der Waals surface area contributed by atoms with Crippen LogP contribution in [0, 0.1) is 0 Å². The Hall–Kier alpha value is 0.504. The Labute approximate surface area is 36.3 Å². The van der Waals surface area contributed by atoms with Gasteiger partial charge in [-0.2, -0.15) is 0 Å². The maximum Gasteiger partial charge on any atom is 0.140 e. The van der Waals surface area contributed by atoms with Gasteiger partial charge in [0.05, 0.1) is 0 Å². The fraction of sp³-hybridized carbons (Fsp3) is 1.00. The van der Waals surface area contributed by atoms with Crippen LogP contribution in [0.25, 0.3) is 0 Å². The van der Waals surface area contributed by atoms with Gasteiger partial charge < -0.3 is 10.2 Å². The Morgan fingerprint density at radius 1 is 1.25 bits per heavy atom. The quantitative estimate of drug-likeness (QED) is 0.379. The van der Waals surface area contributed by atoms with E-state index < -0.39 is 6.79 Å². The van der Waals surface area contributed by atoms with E-state index in [1.165, 1.54) is 0 Å². The summed E-state index contributed by atoms with van der Waals surface area (Å²) in [7, 11) is 0. The molecule has 2 nitrogen and oxygen atoms in total. The average molecular weight is 99.0 g/mol. The third-order valence-electron chi connectivity index (χ3n) is 0. The van der Waals surface area contributed by atoms with Crippen molar-refractivity contribution in [3.05, 3.63) is 0 Å². The molecule has 1 radical (unpaired) electrons. The Morgan fingerprint density at radius 3 is 1.25 bits per heavy atom. The number of hydrogen-bond donors (Lipinski definition) is 2. The zero-order chi connectivity index (χ0) is 2.71. The Bertz CT molecular complexity index is 6.00. The van der Waals surface area contributed by atoms with Crippen molar-refractivity contribution >= 4 is 0 Å². The molecule has 0 unspecified atom stereocenters. The molecule has 0 aromatic carbocycles. The molecular weight excluding hydrogens is 95.0 g/mol. The van der Waals surface area contributed by atoms with Crippen LogP contribution in [0.15, 0.2) is 0 Å². The van der Waals surface area contributed by atoms with Gasteiger partial charge in [0.1, 0.15) is 6.79 Å². The normalized spacial score (nSPS) is 4.50. The first-order chi connectivity index (χ1) is 1.41. The summed E-state index contributed by atoms with van der Waals surface area (Å²) in [4.78, 5) is 0. The van der Waals surface area contributed by atoms with Crippen LogP contribution in [0.2, 0.25) is 0 Å². The van der Waals surface area contributed by atoms with Gasteiger partial charge in [0, 0.05) is 18.6 Å². The minimum absolute atomic E-state index is 0. The zero-order valence-corrected chi connectivity index (χ0v) is 3.45. The van der Waals surface area contributed by atoms with Crippen molar-refractivity contribution in [1.82, 2.24) is 0 Å². The molecule has 0 saturated heterocycles. The van der Waals surface area contributed by atoms with Crippen molar-refractivity contribution < 1.29 is 28.8 Å². The molecule has 0 rings (SSSR count). The molecule has 0 heterocycles. The summed E-state index contributed by atoms with van der Waals surface area (Å²) in [6.45, 7) is -0.750. The monoisotopic (exact) mass is 99.0 g/mol.